The Morgan fingerprint density at radius 1 is 1.18 bits per heavy atom. The number of anilines is 2. The molecule has 0 saturated carbocycles. The highest BCUT2D eigenvalue weighted by atomic mass is 32.1. The number of nitrogens with one attached hydrogen (secondary N) is 2. The summed E-state index contributed by atoms with van der Waals surface area (Å²) in [5, 5.41) is 8.02. The molecule has 2 rings (SSSR count). The fourth-order valence-corrected chi connectivity index (χ4v) is 3.03. The van der Waals surface area contributed by atoms with Crippen LogP contribution in [0, 0.1) is 5.92 Å². The van der Waals surface area contributed by atoms with E-state index in [1.54, 1.807) is 29.6 Å². The first-order valence-electron chi connectivity index (χ1n) is 9.09. The van der Waals surface area contributed by atoms with Crippen LogP contribution in [-0.2, 0) is 9.53 Å². The number of thiazole rings is 1. The highest BCUT2D eigenvalue weighted by Crippen LogP contribution is 2.18. The van der Waals surface area contributed by atoms with Gasteiger partial charge in [-0.25, -0.2) is 9.78 Å². The number of aromatic nitrogens is 1. The SMILES string of the molecule is CC(=O)c1ccccc1NC(=O)[C@@H](C)OC(=O)c1csc(NCCC(C)C)n1. The summed E-state index contributed by atoms with van der Waals surface area (Å²) < 4.78 is 5.21. The van der Waals surface area contributed by atoms with Gasteiger partial charge >= 0.3 is 5.97 Å². The van der Waals surface area contributed by atoms with E-state index < -0.39 is 18.0 Å². The lowest BCUT2D eigenvalue weighted by Gasteiger charge is -2.14. The van der Waals surface area contributed by atoms with Crippen LogP contribution in [-0.4, -0.2) is 35.3 Å². The number of ether oxygens (including phenoxy) is 1. The van der Waals surface area contributed by atoms with Crippen LogP contribution in [0.5, 0.6) is 0 Å². The number of ketones is 1. The van der Waals surface area contributed by atoms with Crippen LogP contribution in [0.25, 0.3) is 0 Å². The van der Waals surface area contributed by atoms with Crippen LogP contribution in [0.2, 0.25) is 0 Å². The molecule has 28 heavy (non-hydrogen) atoms. The number of carbonyl (C=O) groups excluding carboxylic acids is 3. The predicted molar refractivity (Wildman–Crippen MR) is 110 cm³/mol. The molecule has 0 radical (unpaired) electrons. The Morgan fingerprint density at radius 3 is 2.57 bits per heavy atom. The maximum absolute atomic E-state index is 12.3. The summed E-state index contributed by atoms with van der Waals surface area (Å²) in [6, 6.07) is 6.67. The summed E-state index contributed by atoms with van der Waals surface area (Å²) >= 11 is 1.31. The zero-order chi connectivity index (χ0) is 20.7. The van der Waals surface area contributed by atoms with Crippen molar-refractivity contribution in [3.05, 3.63) is 40.9 Å². The van der Waals surface area contributed by atoms with Crippen LogP contribution >= 0.6 is 11.3 Å². The summed E-state index contributed by atoms with van der Waals surface area (Å²) in [5.74, 6) is -0.784. The number of benzene rings is 1. The zero-order valence-electron chi connectivity index (χ0n) is 16.4. The molecule has 150 valence electrons. The average molecular weight is 404 g/mol. The van der Waals surface area contributed by atoms with Crippen molar-refractivity contribution in [1.29, 1.82) is 0 Å². The lowest BCUT2D eigenvalue weighted by Crippen LogP contribution is -2.30. The molecule has 1 amide bonds. The van der Waals surface area contributed by atoms with Gasteiger partial charge in [0.1, 0.15) is 0 Å². The van der Waals surface area contributed by atoms with Crippen LogP contribution < -0.4 is 10.6 Å². The number of esters is 1. The molecule has 0 bridgehead atoms. The van der Waals surface area contributed by atoms with Gasteiger partial charge in [0.15, 0.2) is 22.7 Å². The molecule has 7 nitrogen and oxygen atoms in total. The van der Waals surface area contributed by atoms with Gasteiger partial charge in [0, 0.05) is 17.5 Å². The second-order valence-electron chi connectivity index (χ2n) is 6.79. The quantitative estimate of drug-likeness (QED) is 0.485. The van der Waals surface area contributed by atoms with Crippen molar-refractivity contribution >= 4 is 39.8 Å². The van der Waals surface area contributed by atoms with E-state index in [1.165, 1.54) is 25.2 Å². The number of hydrogen-bond donors (Lipinski definition) is 2. The smallest absolute Gasteiger partial charge is 0.358 e. The van der Waals surface area contributed by atoms with Gasteiger partial charge in [-0.05, 0) is 38.3 Å². The number of para-hydroxylation sites is 1. The molecule has 0 spiro atoms. The van der Waals surface area contributed by atoms with Crippen molar-refractivity contribution < 1.29 is 19.1 Å². The minimum atomic E-state index is -1.04. The molecule has 0 saturated heterocycles. The molecule has 0 aliphatic rings. The van der Waals surface area contributed by atoms with Gasteiger partial charge in [-0.3, -0.25) is 9.59 Å². The van der Waals surface area contributed by atoms with Gasteiger partial charge in [0.25, 0.3) is 5.91 Å². The first kappa shape index (κ1) is 21.6. The first-order chi connectivity index (χ1) is 13.3. The number of rotatable bonds is 9. The molecule has 2 aromatic rings. The Kier molecular flexibility index (Phi) is 7.69. The lowest BCUT2D eigenvalue weighted by molar-refractivity contribution is -0.123. The van der Waals surface area contributed by atoms with E-state index in [9.17, 15) is 14.4 Å². The normalized spacial score (nSPS) is 11.8. The number of Topliss-reactive ketones (excluding diaryl/α,β-unsaturated/α-hetero) is 1. The Balaban J connectivity index is 1.92. The minimum absolute atomic E-state index is 0.154. The zero-order valence-corrected chi connectivity index (χ0v) is 17.3. The van der Waals surface area contributed by atoms with E-state index >= 15 is 0 Å². The largest absolute Gasteiger partial charge is 0.448 e. The van der Waals surface area contributed by atoms with Crippen LogP contribution in [0.15, 0.2) is 29.6 Å². The molecule has 2 N–H and O–H groups in total. The summed E-state index contributed by atoms with van der Waals surface area (Å²) in [4.78, 5) is 40.4. The molecule has 1 atom stereocenters. The molecule has 0 aliphatic heterocycles. The van der Waals surface area contributed by atoms with Gasteiger partial charge in [-0.2, -0.15) is 0 Å². The average Bonchev–Trinajstić information content (AvgIpc) is 3.10. The molecule has 1 aromatic carbocycles. The third kappa shape index (κ3) is 6.16. The van der Waals surface area contributed by atoms with E-state index in [0.29, 0.717) is 22.3 Å². The van der Waals surface area contributed by atoms with E-state index in [0.717, 1.165) is 13.0 Å². The van der Waals surface area contributed by atoms with Gasteiger partial charge in [0.05, 0.1) is 5.69 Å². The molecular weight excluding hydrogens is 378 g/mol. The third-order valence-electron chi connectivity index (χ3n) is 3.93. The van der Waals surface area contributed by atoms with Crippen molar-refractivity contribution in [1.82, 2.24) is 4.98 Å². The third-order valence-corrected chi connectivity index (χ3v) is 4.73. The topological polar surface area (TPSA) is 97.4 Å². The predicted octanol–water partition coefficient (Wildman–Crippen LogP) is 3.99. The molecule has 0 unspecified atom stereocenters. The van der Waals surface area contributed by atoms with E-state index in [1.807, 2.05) is 0 Å². The van der Waals surface area contributed by atoms with Crippen LogP contribution in [0.1, 0.15) is 55.0 Å². The Hall–Kier alpha value is -2.74. The van der Waals surface area contributed by atoms with E-state index in [2.05, 4.69) is 29.5 Å². The second-order valence-corrected chi connectivity index (χ2v) is 7.64. The van der Waals surface area contributed by atoms with Crippen molar-refractivity contribution in [3.63, 3.8) is 0 Å². The first-order valence-corrected chi connectivity index (χ1v) is 9.97. The van der Waals surface area contributed by atoms with E-state index in [-0.39, 0.29) is 11.5 Å². The van der Waals surface area contributed by atoms with Crippen LogP contribution in [0.4, 0.5) is 10.8 Å². The maximum Gasteiger partial charge on any atom is 0.358 e. The lowest BCUT2D eigenvalue weighted by atomic mass is 10.1. The molecular formula is C20H25N3O4S. The number of amides is 1. The summed E-state index contributed by atoms with van der Waals surface area (Å²) in [5.41, 5.74) is 0.931. The number of carbonyl (C=O) groups is 3. The Bertz CT molecular complexity index is 847. The van der Waals surface area contributed by atoms with Crippen molar-refractivity contribution in [2.75, 3.05) is 17.2 Å². The minimum Gasteiger partial charge on any atom is -0.448 e. The molecule has 8 heteroatoms. The van der Waals surface area contributed by atoms with E-state index in [4.69, 9.17) is 4.74 Å². The molecule has 1 aromatic heterocycles. The maximum atomic E-state index is 12.3. The summed E-state index contributed by atoms with van der Waals surface area (Å²) in [7, 11) is 0. The monoisotopic (exact) mass is 403 g/mol. The van der Waals surface area contributed by atoms with Gasteiger partial charge < -0.3 is 15.4 Å². The molecule has 1 heterocycles. The molecule has 0 aliphatic carbocycles. The van der Waals surface area contributed by atoms with Crippen molar-refractivity contribution in [2.24, 2.45) is 5.92 Å². The molecule has 0 fully saturated rings. The number of hydrogen-bond acceptors (Lipinski definition) is 7. The Morgan fingerprint density at radius 2 is 1.89 bits per heavy atom. The Labute approximate surface area is 168 Å². The van der Waals surface area contributed by atoms with Gasteiger partial charge in [-0.1, -0.05) is 26.0 Å². The highest BCUT2D eigenvalue weighted by Gasteiger charge is 2.22. The fourth-order valence-electron chi connectivity index (χ4n) is 2.32. The fraction of sp³-hybridized carbons (Fsp3) is 0.400. The standard InChI is InChI=1S/C20H25N3O4S/c1-12(2)9-10-21-20-23-17(11-28-20)19(26)27-14(4)18(25)22-16-8-6-5-7-15(16)13(3)24/h5-8,11-12,14H,9-10H2,1-4H3,(H,21,23)(H,22,25)/t14-/m1/s1. The van der Waals surface area contributed by atoms with Crippen LogP contribution in [0.3, 0.4) is 0 Å². The summed E-state index contributed by atoms with van der Waals surface area (Å²) in [6.45, 7) is 7.93. The van der Waals surface area contributed by atoms with Gasteiger partial charge in [-0.15, -0.1) is 11.3 Å². The second kappa shape index (κ2) is 9.98. The van der Waals surface area contributed by atoms with Crippen molar-refractivity contribution in [2.45, 2.75) is 40.2 Å². The van der Waals surface area contributed by atoms with Gasteiger partial charge in [0.2, 0.25) is 0 Å². The van der Waals surface area contributed by atoms with Crippen molar-refractivity contribution in [3.8, 4) is 0 Å². The highest BCUT2D eigenvalue weighted by molar-refractivity contribution is 7.13. The summed E-state index contributed by atoms with van der Waals surface area (Å²) in [6.07, 6.45) is -0.0373. The number of nitrogens with zero attached hydrogens (tertiary/aromatic N) is 1.